The van der Waals surface area contributed by atoms with Crippen molar-refractivity contribution in [1.82, 2.24) is 0 Å². The smallest absolute Gasteiger partial charge is 0.285 e. The van der Waals surface area contributed by atoms with Crippen LogP contribution in [0.3, 0.4) is 0 Å². The van der Waals surface area contributed by atoms with Crippen molar-refractivity contribution in [1.29, 1.82) is 15.8 Å². The van der Waals surface area contributed by atoms with Gasteiger partial charge in [-0.15, -0.1) is 0 Å². The van der Waals surface area contributed by atoms with E-state index in [2.05, 4.69) is 0 Å². The number of hydrogen-bond acceptors (Lipinski definition) is 7. The quantitative estimate of drug-likeness (QED) is 0.496. The summed E-state index contributed by atoms with van der Waals surface area (Å²) in [5.41, 5.74) is 0. The SMILES string of the molecule is CCC(C#N)COP(=O)(OCC(C#N)CC)OCC(C#N)CC. The van der Waals surface area contributed by atoms with E-state index in [1.54, 1.807) is 0 Å². The van der Waals surface area contributed by atoms with Gasteiger partial charge in [0.25, 0.3) is 0 Å². The number of hydrogen-bond donors (Lipinski definition) is 0. The monoisotopic (exact) mass is 341 g/mol. The summed E-state index contributed by atoms with van der Waals surface area (Å²) < 4.78 is 28.3. The fourth-order valence-electron chi connectivity index (χ4n) is 1.39. The van der Waals surface area contributed by atoms with Gasteiger partial charge in [-0.1, -0.05) is 20.8 Å². The molecule has 0 saturated carbocycles. The van der Waals surface area contributed by atoms with Crippen molar-refractivity contribution in [3.8, 4) is 18.2 Å². The minimum atomic E-state index is -3.91. The van der Waals surface area contributed by atoms with E-state index in [0.29, 0.717) is 19.3 Å². The van der Waals surface area contributed by atoms with Crippen molar-refractivity contribution in [3.63, 3.8) is 0 Å². The Morgan fingerprint density at radius 1 is 0.739 bits per heavy atom. The molecule has 0 aliphatic carbocycles. The lowest BCUT2D eigenvalue weighted by molar-refractivity contribution is 0.0917. The van der Waals surface area contributed by atoms with Crippen LogP contribution in [0, 0.1) is 51.7 Å². The summed E-state index contributed by atoms with van der Waals surface area (Å²) in [6.07, 6.45) is 1.63. The third-order valence-corrected chi connectivity index (χ3v) is 4.72. The summed E-state index contributed by atoms with van der Waals surface area (Å²) in [5.74, 6) is -1.27. The Morgan fingerprint density at radius 3 is 1.17 bits per heavy atom. The number of phosphoric ester groups is 1. The number of nitrogens with zero attached hydrogens (tertiary/aromatic N) is 3. The first-order valence-electron chi connectivity index (χ1n) is 7.70. The molecule has 23 heavy (non-hydrogen) atoms. The first-order chi connectivity index (χ1) is 11.0. The van der Waals surface area contributed by atoms with Crippen LogP contribution in [0.4, 0.5) is 0 Å². The second-order valence-electron chi connectivity index (χ2n) is 5.04. The summed E-state index contributed by atoms with van der Waals surface area (Å²) in [6, 6.07) is 6.11. The highest BCUT2D eigenvalue weighted by molar-refractivity contribution is 7.48. The average Bonchev–Trinajstić information content (AvgIpc) is 2.57. The molecule has 0 amide bonds. The van der Waals surface area contributed by atoms with Gasteiger partial charge >= 0.3 is 7.82 Å². The lowest BCUT2D eigenvalue weighted by atomic mass is 10.1. The van der Waals surface area contributed by atoms with Gasteiger partial charge in [0.05, 0.1) is 55.8 Å². The van der Waals surface area contributed by atoms with Crippen LogP contribution in [0.15, 0.2) is 0 Å². The van der Waals surface area contributed by atoms with Crippen molar-refractivity contribution >= 4 is 7.82 Å². The molecule has 0 N–H and O–H groups in total. The van der Waals surface area contributed by atoms with Crippen molar-refractivity contribution < 1.29 is 18.1 Å². The highest BCUT2D eigenvalue weighted by atomic mass is 31.2. The number of phosphoric acid groups is 1. The average molecular weight is 341 g/mol. The third-order valence-electron chi connectivity index (χ3n) is 3.33. The molecule has 7 nitrogen and oxygen atoms in total. The summed E-state index contributed by atoms with van der Waals surface area (Å²) >= 11 is 0. The molecule has 128 valence electrons. The predicted octanol–water partition coefficient (Wildman–Crippen LogP) is 3.79. The van der Waals surface area contributed by atoms with E-state index in [0.717, 1.165) is 0 Å². The molecule has 0 aliphatic rings. The second-order valence-corrected chi connectivity index (χ2v) is 6.71. The third kappa shape index (κ3) is 8.70. The van der Waals surface area contributed by atoms with Gasteiger partial charge in [-0.25, -0.2) is 4.57 Å². The Bertz CT molecular complexity index is 435. The fourth-order valence-corrected chi connectivity index (χ4v) is 2.71. The van der Waals surface area contributed by atoms with Crippen LogP contribution in [0.5, 0.6) is 0 Å². The van der Waals surface area contributed by atoms with E-state index in [-0.39, 0.29) is 19.8 Å². The van der Waals surface area contributed by atoms with Crippen LogP contribution < -0.4 is 0 Å². The van der Waals surface area contributed by atoms with Crippen LogP contribution in [-0.4, -0.2) is 19.8 Å². The fraction of sp³-hybridized carbons (Fsp3) is 0.800. The van der Waals surface area contributed by atoms with Gasteiger partial charge in [0.15, 0.2) is 0 Å². The van der Waals surface area contributed by atoms with E-state index >= 15 is 0 Å². The largest absolute Gasteiger partial charge is 0.474 e. The molecule has 0 saturated heterocycles. The zero-order valence-electron chi connectivity index (χ0n) is 13.9. The molecule has 0 rings (SSSR count). The van der Waals surface area contributed by atoms with Crippen molar-refractivity contribution in [3.05, 3.63) is 0 Å². The van der Waals surface area contributed by atoms with Gasteiger partial charge in [-0.05, 0) is 19.3 Å². The molecule has 0 aliphatic heterocycles. The Morgan fingerprint density at radius 2 is 1.00 bits per heavy atom. The number of rotatable bonds is 12. The summed E-state index contributed by atoms with van der Waals surface area (Å²) in [6.45, 7) is 5.19. The summed E-state index contributed by atoms with van der Waals surface area (Å²) in [7, 11) is -3.91. The Hall–Kier alpha value is -1.42. The molecule has 3 unspecified atom stereocenters. The molecular weight excluding hydrogens is 317 g/mol. The molecular formula is C15H24N3O4P. The lowest BCUT2D eigenvalue weighted by Gasteiger charge is -2.21. The molecule has 0 heterocycles. The Labute approximate surface area is 138 Å². The number of nitriles is 3. The van der Waals surface area contributed by atoms with Crippen LogP contribution in [0.1, 0.15) is 40.0 Å². The van der Waals surface area contributed by atoms with E-state index in [4.69, 9.17) is 29.4 Å². The first-order valence-corrected chi connectivity index (χ1v) is 9.16. The standard InChI is InChI=1S/C15H24N3O4P/c1-4-13(7-16)10-20-23(19,21-11-14(5-2)8-17)22-12-15(6-3)9-18/h13-15H,4-6,10-12H2,1-3H3. The molecule has 0 bridgehead atoms. The predicted molar refractivity (Wildman–Crippen MR) is 83.6 cm³/mol. The van der Waals surface area contributed by atoms with E-state index in [1.807, 2.05) is 39.0 Å². The van der Waals surface area contributed by atoms with Crippen LogP contribution in [-0.2, 0) is 18.1 Å². The molecule has 8 heteroatoms. The van der Waals surface area contributed by atoms with Gasteiger partial charge in [-0.2, -0.15) is 15.8 Å². The van der Waals surface area contributed by atoms with Gasteiger partial charge in [0, 0.05) is 0 Å². The van der Waals surface area contributed by atoms with Gasteiger partial charge < -0.3 is 0 Å². The highest BCUT2D eigenvalue weighted by Crippen LogP contribution is 2.50. The lowest BCUT2D eigenvalue weighted by Crippen LogP contribution is -2.14. The minimum Gasteiger partial charge on any atom is -0.285 e. The van der Waals surface area contributed by atoms with Crippen molar-refractivity contribution in [2.24, 2.45) is 17.8 Å². The molecule has 0 aromatic heterocycles. The molecule has 0 fully saturated rings. The van der Waals surface area contributed by atoms with Crippen LogP contribution >= 0.6 is 7.82 Å². The Kier molecular flexibility index (Phi) is 11.3. The van der Waals surface area contributed by atoms with Crippen LogP contribution in [0.2, 0.25) is 0 Å². The van der Waals surface area contributed by atoms with Gasteiger partial charge in [0.2, 0.25) is 0 Å². The normalized spacial score (nSPS) is 17.0. The van der Waals surface area contributed by atoms with E-state index in [9.17, 15) is 4.57 Å². The topological polar surface area (TPSA) is 116 Å². The van der Waals surface area contributed by atoms with Crippen molar-refractivity contribution in [2.75, 3.05) is 19.8 Å². The van der Waals surface area contributed by atoms with E-state index < -0.39 is 25.6 Å². The molecule has 0 spiro atoms. The molecule has 0 aromatic rings. The summed E-state index contributed by atoms with van der Waals surface area (Å²) in [5, 5.41) is 26.8. The van der Waals surface area contributed by atoms with Crippen molar-refractivity contribution in [2.45, 2.75) is 40.0 Å². The first kappa shape index (κ1) is 21.6. The maximum Gasteiger partial charge on any atom is 0.474 e. The maximum atomic E-state index is 12.6. The van der Waals surface area contributed by atoms with E-state index in [1.165, 1.54) is 0 Å². The molecule has 0 aromatic carbocycles. The van der Waals surface area contributed by atoms with Crippen LogP contribution in [0.25, 0.3) is 0 Å². The molecule has 0 radical (unpaired) electrons. The zero-order chi connectivity index (χ0) is 17.7. The highest BCUT2D eigenvalue weighted by Gasteiger charge is 2.30. The minimum absolute atomic E-state index is 0.0863. The van der Waals surface area contributed by atoms with Gasteiger partial charge in [-0.3, -0.25) is 13.6 Å². The maximum absolute atomic E-state index is 12.6. The zero-order valence-corrected chi connectivity index (χ0v) is 14.8. The van der Waals surface area contributed by atoms with Gasteiger partial charge in [0.1, 0.15) is 0 Å². The molecule has 3 atom stereocenters. The second kappa shape index (κ2) is 12.1. The Balaban J connectivity index is 4.83. The summed E-state index contributed by atoms with van der Waals surface area (Å²) in [4.78, 5) is 0.